The molecule has 0 spiro atoms. The van der Waals surface area contributed by atoms with Gasteiger partial charge < -0.3 is 13.6 Å². The summed E-state index contributed by atoms with van der Waals surface area (Å²) in [6.07, 6.45) is 0. The maximum absolute atomic E-state index is 6.65. The summed E-state index contributed by atoms with van der Waals surface area (Å²) in [4.78, 5) is 0. The van der Waals surface area contributed by atoms with Gasteiger partial charge in [0.05, 0.1) is 22.1 Å². The zero-order chi connectivity index (χ0) is 36.9. The second kappa shape index (κ2) is 10.6. The van der Waals surface area contributed by atoms with Gasteiger partial charge in [0.1, 0.15) is 11.2 Å². The van der Waals surface area contributed by atoms with Gasteiger partial charge in [0.25, 0.3) is 0 Å². The Morgan fingerprint density at radius 2 is 0.930 bits per heavy atom. The maximum Gasteiger partial charge on any atom is 0.137 e. The zero-order valence-electron chi connectivity index (χ0n) is 30.6. The molecule has 14 rings (SSSR count). The highest BCUT2D eigenvalue weighted by Gasteiger charge is 2.29. The second-order valence-corrected chi connectivity index (χ2v) is 15.6. The Labute approximate surface area is 325 Å². The van der Waals surface area contributed by atoms with Crippen LogP contribution in [-0.4, -0.2) is 9.13 Å². The average Bonchev–Trinajstić information content (AvgIpc) is 3.90. The Kier molecular flexibility index (Phi) is 5.51. The van der Waals surface area contributed by atoms with Crippen LogP contribution in [0.1, 0.15) is 0 Å². The Hall–Kier alpha value is -7.62. The highest BCUT2D eigenvalue weighted by molar-refractivity contribution is 6.40. The highest BCUT2D eigenvalue weighted by atomic mass is 16.3. The summed E-state index contributed by atoms with van der Waals surface area (Å²) in [6.45, 7) is 0. The van der Waals surface area contributed by atoms with Crippen LogP contribution < -0.4 is 0 Å². The van der Waals surface area contributed by atoms with Gasteiger partial charge in [-0.05, 0) is 98.2 Å². The normalized spacial score (nSPS) is 12.6. The van der Waals surface area contributed by atoms with Crippen LogP contribution >= 0.6 is 0 Å². The monoisotopic (exact) mass is 722 g/mol. The molecule has 0 atom stereocenters. The Bertz CT molecular complexity index is 3910. The summed E-state index contributed by atoms with van der Waals surface area (Å²) >= 11 is 0. The third-order valence-corrected chi connectivity index (χ3v) is 12.8. The number of hydrogen-bond acceptors (Lipinski definition) is 1. The quantitative estimate of drug-likeness (QED) is 0.178. The van der Waals surface area contributed by atoms with E-state index in [0.29, 0.717) is 0 Å². The molecule has 0 aliphatic heterocycles. The molecule has 0 bridgehead atoms. The molecule has 262 valence electrons. The third-order valence-electron chi connectivity index (χ3n) is 12.8. The molecule has 0 saturated heterocycles. The van der Waals surface area contributed by atoms with Crippen molar-refractivity contribution in [2.45, 2.75) is 0 Å². The molecule has 13 aromatic rings. The lowest BCUT2D eigenvalue weighted by Gasteiger charge is -2.16. The van der Waals surface area contributed by atoms with E-state index in [-0.39, 0.29) is 0 Å². The fourth-order valence-corrected chi connectivity index (χ4v) is 10.5. The summed E-state index contributed by atoms with van der Waals surface area (Å²) in [7, 11) is 0. The molecular formula is C54H30N2O. The first kappa shape index (κ1) is 29.7. The van der Waals surface area contributed by atoms with Crippen molar-refractivity contribution in [1.82, 2.24) is 9.13 Å². The maximum atomic E-state index is 6.65. The van der Waals surface area contributed by atoms with E-state index in [0.717, 1.165) is 27.9 Å². The molecule has 3 heteroatoms. The SMILES string of the molecule is c1ccc(-n2c3ccc(-c4cccc5ccccc45)c4c3c3c5c(ccc6c5c5c-4cccc5n6-c4ccc5c(c4)oc4ccc6ccccc6c45)ccc32)cc1. The van der Waals surface area contributed by atoms with Crippen LogP contribution in [0.15, 0.2) is 186 Å². The van der Waals surface area contributed by atoms with Gasteiger partial charge in [-0.25, -0.2) is 0 Å². The lowest BCUT2D eigenvalue weighted by atomic mass is 9.88. The van der Waals surface area contributed by atoms with Gasteiger partial charge in [-0.1, -0.05) is 121 Å². The molecule has 1 aliphatic rings. The summed E-state index contributed by atoms with van der Waals surface area (Å²) in [5.74, 6) is 0. The lowest BCUT2D eigenvalue weighted by Crippen LogP contribution is -1.95. The van der Waals surface area contributed by atoms with Crippen LogP contribution in [0.5, 0.6) is 0 Å². The summed E-state index contributed by atoms with van der Waals surface area (Å²) < 4.78 is 11.6. The first-order valence-corrected chi connectivity index (χ1v) is 19.7. The van der Waals surface area contributed by atoms with Gasteiger partial charge in [-0.15, -0.1) is 0 Å². The minimum Gasteiger partial charge on any atom is -0.456 e. The molecular weight excluding hydrogens is 693 g/mol. The van der Waals surface area contributed by atoms with E-state index in [9.17, 15) is 0 Å². The van der Waals surface area contributed by atoms with E-state index < -0.39 is 0 Å². The van der Waals surface area contributed by atoms with E-state index >= 15 is 0 Å². The predicted octanol–water partition coefficient (Wildman–Crippen LogP) is 14.9. The van der Waals surface area contributed by atoms with Gasteiger partial charge in [0.2, 0.25) is 0 Å². The standard InChI is InChI=1S/C54H30N2O/c1-2-13-34(14-3-1)55-44-27-21-33-20-26-43-52-48(33)53(44)54-45(55)28-25-39(38-17-8-12-31-10-4-6-15-36(31)38)50(54)41-18-9-19-42(51(41)52)56(43)35-23-24-40-47(30-35)57-46-29-22-32-11-5-7-16-37(32)49(40)46/h1-30H. The van der Waals surface area contributed by atoms with Crippen LogP contribution in [0.2, 0.25) is 0 Å². The topological polar surface area (TPSA) is 23.0 Å². The number of aromatic nitrogens is 2. The van der Waals surface area contributed by atoms with Gasteiger partial charge >= 0.3 is 0 Å². The molecule has 0 unspecified atom stereocenters. The second-order valence-electron chi connectivity index (χ2n) is 15.6. The van der Waals surface area contributed by atoms with E-state index in [4.69, 9.17) is 4.42 Å². The van der Waals surface area contributed by atoms with Crippen molar-refractivity contribution in [2.24, 2.45) is 0 Å². The first-order chi connectivity index (χ1) is 28.3. The highest BCUT2D eigenvalue weighted by Crippen LogP contribution is 2.54. The van der Waals surface area contributed by atoms with Gasteiger partial charge in [-0.3, -0.25) is 0 Å². The van der Waals surface area contributed by atoms with Crippen LogP contribution in [-0.2, 0) is 0 Å². The Morgan fingerprint density at radius 1 is 0.298 bits per heavy atom. The number of rotatable bonds is 3. The largest absolute Gasteiger partial charge is 0.456 e. The molecule has 10 aromatic carbocycles. The fraction of sp³-hybridized carbons (Fsp3) is 0. The number of nitrogens with zero attached hydrogens (tertiary/aromatic N) is 2. The van der Waals surface area contributed by atoms with Crippen LogP contribution in [0.3, 0.4) is 0 Å². The Morgan fingerprint density at radius 3 is 1.79 bits per heavy atom. The van der Waals surface area contributed by atoms with Crippen molar-refractivity contribution in [1.29, 1.82) is 0 Å². The molecule has 3 nitrogen and oxygen atoms in total. The van der Waals surface area contributed by atoms with Crippen molar-refractivity contribution >= 4 is 97.9 Å². The van der Waals surface area contributed by atoms with Gasteiger partial charge in [-0.2, -0.15) is 0 Å². The van der Waals surface area contributed by atoms with E-state index in [2.05, 4.69) is 191 Å². The van der Waals surface area contributed by atoms with Crippen molar-refractivity contribution in [3.63, 3.8) is 0 Å². The van der Waals surface area contributed by atoms with E-state index in [1.165, 1.54) is 104 Å². The van der Waals surface area contributed by atoms with Crippen LogP contribution in [0.4, 0.5) is 0 Å². The first-order valence-electron chi connectivity index (χ1n) is 19.7. The van der Waals surface area contributed by atoms with Crippen molar-refractivity contribution in [3.05, 3.63) is 182 Å². The summed E-state index contributed by atoms with van der Waals surface area (Å²) in [5, 5.41) is 15.0. The van der Waals surface area contributed by atoms with Crippen molar-refractivity contribution in [3.8, 4) is 33.6 Å². The van der Waals surface area contributed by atoms with Gasteiger partial charge in [0.15, 0.2) is 0 Å². The molecule has 0 radical (unpaired) electrons. The average molecular weight is 723 g/mol. The van der Waals surface area contributed by atoms with E-state index in [1.54, 1.807) is 0 Å². The van der Waals surface area contributed by atoms with Crippen molar-refractivity contribution in [2.75, 3.05) is 0 Å². The minimum absolute atomic E-state index is 0.894. The van der Waals surface area contributed by atoms with Crippen molar-refractivity contribution < 1.29 is 4.42 Å². The third kappa shape index (κ3) is 3.71. The number of hydrogen-bond donors (Lipinski definition) is 0. The molecule has 0 fully saturated rings. The summed E-state index contributed by atoms with van der Waals surface area (Å²) in [5.41, 5.74) is 13.9. The number of benzene rings is 10. The molecule has 3 heterocycles. The molecule has 1 aliphatic carbocycles. The zero-order valence-corrected chi connectivity index (χ0v) is 30.6. The van der Waals surface area contributed by atoms with Crippen LogP contribution in [0.25, 0.3) is 131 Å². The summed E-state index contributed by atoms with van der Waals surface area (Å²) in [6, 6.07) is 67.0. The van der Waals surface area contributed by atoms with Crippen LogP contribution in [0, 0.1) is 0 Å². The number of furan rings is 1. The molecule has 57 heavy (non-hydrogen) atoms. The predicted molar refractivity (Wildman–Crippen MR) is 239 cm³/mol. The van der Waals surface area contributed by atoms with E-state index in [1.807, 2.05) is 0 Å². The minimum atomic E-state index is 0.894. The molecule has 3 aromatic heterocycles. The number of para-hydroxylation sites is 1. The Balaban J connectivity index is 1.16. The smallest absolute Gasteiger partial charge is 0.137 e. The molecule has 0 amide bonds. The fourth-order valence-electron chi connectivity index (χ4n) is 10.5. The molecule has 0 saturated carbocycles. The lowest BCUT2D eigenvalue weighted by molar-refractivity contribution is 0.669. The van der Waals surface area contributed by atoms with Gasteiger partial charge in [0, 0.05) is 60.7 Å². The number of fused-ring (bicyclic) bond motifs is 7. The molecule has 0 N–H and O–H groups in total.